The molecular weight excluding hydrogens is 415 g/mol. The van der Waals surface area contributed by atoms with Gasteiger partial charge in [-0.05, 0) is 37.1 Å². The van der Waals surface area contributed by atoms with Gasteiger partial charge in [0.05, 0.1) is 11.1 Å². The van der Waals surface area contributed by atoms with E-state index in [1.54, 1.807) is 24.3 Å². The van der Waals surface area contributed by atoms with Gasteiger partial charge in [0, 0.05) is 17.3 Å². The standard InChI is InChI=1S/C18H14F3N3O2S.ClH/c19-18(20,21)13-7-27-16(23-13)17(11-5-22-6-12(11)17)8-24-14(25)9-3-1-2-4-10(9)15(24)26;/h1-4,7,11-12,22H,5-6,8H2;1H/t11-,12+,17?;. The molecule has 10 heteroatoms. The number of hydrogen-bond donors (Lipinski definition) is 1. The molecule has 2 aliphatic heterocycles. The Balaban J connectivity index is 0.00000192. The van der Waals surface area contributed by atoms with Crippen LogP contribution in [0.15, 0.2) is 29.6 Å². The van der Waals surface area contributed by atoms with E-state index in [9.17, 15) is 22.8 Å². The number of aromatic nitrogens is 1. The van der Waals surface area contributed by atoms with E-state index in [0.29, 0.717) is 29.2 Å². The third kappa shape index (κ3) is 2.53. The zero-order chi connectivity index (χ0) is 19.0. The molecule has 1 saturated carbocycles. The lowest BCUT2D eigenvalue weighted by Gasteiger charge is -2.24. The second-order valence-corrected chi connectivity index (χ2v) is 8.05. The molecule has 2 aromatic rings. The summed E-state index contributed by atoms with van der Waals surface area (Å²) in [6.45, 7) is 1.37. The van der Waals surface area contributed by atoms with Crippen molar-refractivity contribution >= 4 is 35.6 Å². The topological polar surface area (TPSA) is 62.3 Å². The fourth-order valence-electron chi connectivity index (χ4n) is 4.53. The summed E-state index contributed by atoms with van der Waals surface area (Å²) in [6, 6.07) is 6.58. The molecule has 5 nitrogen and oxygen atoms in total. The molecule has 0 spiro atoms. The lowest BCUT2D eigenvalue weighted by atomic mass is 10.00. The highest BCUT2D eigenvalue weighted by Gasteiger charge is 2.70. The van der Waals surface area contributed by atoms with Gasteiger partial charge in [-0.2, -0.15) is 13.2 Å². The highest BCUT2D eigenvalue weighted by molar-refractivity contribution is 7.09. The molecule has 3 atom stereocenters. The summed E-state index contributed by atoms with van der Waals surface area (Å²) >= 11 is 0.964. The Kier molecular flexibility index (Phi) is 4.33. The number of hydrogen-bond acceptors (Lipinski definition) is 5. The number of halogens is 4. The summed E-state index contributed by atoms with van der Waals surface area (Å²) in [5, 5.41) is 4.59. The van der Waals surface area contributed by atoms with Crippen LogP contribution in [0.5, 0.6) is 0 Å². The van der Waals surface area contributed by atoms with Crippen LogP contribution < -0.4 is 5.32 Å². The molecule has 1 saturated heterocycles. The highest BCUT2D eigenvalue weighted by Crippen LogP contribution is 2.63. The number of carbonyl (C=O) groups excluding carboxylic acids is 2. The predicted octanol–water partition coefficient (Wildman–Crippen LogP) is 2.97. The largest absolute Gasteiger partial charge is 0.434 e. The Morgan fingerprint density at radius 1 is 1.14 bits per heavy atom. The van der Waals surface area contributed by atoms with Crippen molar-refractivity contribution in [2.75, 3.05) is 19.6 Å². The Hall–Kier alpha value is -1.97. The first kappa shape index (κ1) is 19.4. The van der Waals surface area contributed by atoms with Gasteiger partial charge < -0.3 is 5.32 Å². The molecule has 1 N–H and O–H groups in total. The highest BCUT2D eigenvalue weighted by atomic mass is 35.5. The predicted molar refractivity (Wildman–Crippen MR) is 97.7 cm³/mol. The molecule has 0 radical (unpaired) electrons. The van der Waals surface area contributed by atoms with Crippen LogP contribution in [0.1, 0.15) is 31.4 Å². The smallest absolute Gasteiger partial charge is 0.316 e. The first-order valence-electron chi connectivity index (χ1n) is 8.53. The zero-order valence-electron chi connectivity index (χ0n) is 14.3. The number of fused-ring (bicyclic) bond motifs is 2. The third-order valence-electron chi connectivity index (χ3n) is 5.92. The van der Waals surface area contributed by atoms with Crippen LogP contribution in [0.2, 0.25) is 0 Å². The van der Waals surface area contributed by atoms with Gasteiger partial charge in [0.2, 0.25) is 0 Å². The molecule has 148 valence electrons. The van der Waals surface area contributed by atoms with Gasteiger partial charge in [-0.25, -0.2) is 4.98 Å². The minimum atomic E-state index is -4.51. The summed E-state index contributed by atoms with van der Waals surface area (Å²) in [4.78, 5) is 30.5. The number of nitrogens with zero attached hydrogens (tertiary/aromatic N) is 2. The van der Waals surface area contributed by atoms with Crippen LogP contribution in [0.4, 0.5) is 13.2 Å². The maximum atomic E-state index is 13.0. The average molecular weight is 430 g/mol. The Morgan fingerprint density at radius 3 is 2.21 bits per heavy atom. The number of carbonyl (C=O) groups is 2. The molecule has 1 aliphatic carbocycles. The maximum Gasteiger partial charge on any atom is 0.434 e. The van der Waals surface area contributed by atoms with Gasteiger partial charge in [0.15, 0.2) is 5.69 Å². The van der Waals surface area contributed by atoms with E-state index in [-0.39, 0.29) is 42.6 Å². The molecule has 5 rings (SSSR count). The first-order valence-corrected chi connectivity index (χ1v) is 9.41. The normalized spacial score (nSPS) is 28.2. The first-order chi connectivity index (χ1) is 12.8. The second kappa shape index (κ2) is 6.27. The summed E-state index contributed by atoms with van der Waals surface area (Å²) in [5.74, 6) is -0.621. The average Bonchev–Trinajstić information content (AvgIpc) is 3.13. The number of imide groups is 1. The van der Waals surface area contributed by atoms with Crippen molar-refractivity contribution in [3.63, 3.8) is 0 Å². The lowest BCUT2D eigenvalue weighted by Crippen LogP contribution is -2.41. The van der Waals surface area contributed by atoms with Gasteiger partial charge in [0.1, 0.15) is 5.01 Å². The fourth-order valence-corrected chi connectivity index (χ4v) is 5.68. The molecule has 0 bridgehead atoms. The van der Waals surface area contributed by atoms with Crippen LogP contribution in [-0.2, 0) is 11.6 Å². The minimum Gasteiger partial charge on any atom is -0.316 e. The SMILES string of the molecule is Cl.O=C1c2ccccc2C(=O)N1CC1(c2nc(C(F)(F)F)cs2)[C@@H]2CNC[C@@H]21. The molecule has 3 aliphatic rings. The number of benzene rings is 1. The Bertz CT molecular complexity index is 932. The van der Waals surface area contributed by atoms with Crippen LogP contribution >= 0.6 is 23.7 Å². The number of amides is 2. The molecule has 2 amide bonds. The summed E-state index contributed by atoms with van der Waals surface area (Å²) in [7, 11) is 0. The van der Waals surface area contributed by atoms with Crippen molar-refractivity contribution in [2.45, 2.75) is 11.6 Å². The summed E-state index contributed by atoms with van der Waals surface area (Å²) in [6.07, 6.45) is -4.51. The Labute approximate surface area is 168 Å². The van der Waals surface area contributed by atoms with Crippen molar-refractivity contribution < 1.29 is 22.8 Å². The van der Waals surface area contributed by atoms with E-state index in [1.165, 1.54) is 4.90 Å². The van der Waals surface area contributed by atoms with E-state index in [2.05, 4.69) is 10.3 Å². The van der Waals surface area contributed by atoms with Gasteiger partial charge in [-0.3, -0.25) is 14.5 Å². The quantitative estimate of drug-likeness (QED) is 0.762. The van der Waals surface area contributed by atoms with Crippen molar-refractivity contribution in [2.24, 2.45) is 11.8 Å². The number of rotatable bonds is 3. The molecular formula is C18H15ClF3N3O2S. The van der Waals surface area contributed by atoms with Crippen LogP contribution in [0, 0.1) is 11.8 Å². The van der Waals surface area contributed by atoms with Crippen molar-refractivity contribution in [1.82, 2.24) is 15.2 Å². The van der Waals surface area contributed by atoms with E-state index in [4.69, 9.17) is 0 Å². The number of alkyl halides is 3. The molecule has 1 aromatic heterocycles. The van der Waals surface area contributed by atoms with Gasteiger partial charge in [-0.15, -0.1) is 23.7 Å². The fraction of sp³-hybridized carbons (Fsp3) is 0.389. The van der Waals surface area contributed by atoms with E-state index < -0.39 is 17.3 Å². The maximum absolute atomic E-state index is 13.0. The van der Waals surface area contributed by atoms with E-state index in [0.717, 1.165) is 16.7 Å². The molecule has 3 heterocycles. The van der Waals surface area contributed by atoms with Gasteiger partial charge >= 0.3 is 6.18 Å². The van der Waals surface area contributed by atoms with Gasteiger partial charge in [0.25, 0.3) is 11.8 Å². The molecule has 2 fully saturated rings. The van der Waals surface area contributed by atoms with E-state index in [1.807, 2.05) is 0 Å². The van der Waals surface area contributed by atoms with Crippen molar-refractivity contribution in [3.05, 3.63) is 51.5 Å². The summed E-state index contributed by atoms with van der Waals surface area (Å²) in [5.41, 5.74) is -0.914. The monoisotopic (exact) mass is 429 g/mol. The number of piperidine rings is 1. The third-order valence-corrected chi connectivity index (χ3v) is 6.95. The minimum absolute atomic E-state index is 0. The van der Waals surface area contributed by atoms with Gasteiger partial charge in [-0.1, -0.05) is 12.1 Å². The molecule has 1 aromatic carbocycles. The van der Waals surface area contributed by atoms with E-state index >= 15 is 0 Å². The second-order valence-electron chi connectivity index (χ2n) is 7.19. The van der Waals surface area contributed by atoms with Crippen LogP contribution in [-0.4, -0.2) is 41.3 Å². The van der Waals surface area contributed by atoms with Crippen LogP contribution in [0.3, 0.4) is 0 Å². The van der Waals surface area contributed by atoms with Crippen LogP contribution in [0.25, 0.3) is 0 Å². The lowest BCUT2D eigenvalue weighted by molar-refractivity contribution is -0.140. The van der Waals surface area contributed by atoms with Crippen molar-refractivity contribution in [1.29, 1.82) is 0 Å². The van der Waals surface area contributed by atoms with Crippen molar-refractivity contribution in [3.8, 4) is 0 Å². The number of thiazole rings is 1. The zero-order valence-corrected chi connectivity index (χ0v) is 16.0. The molecule has 1 unspecified atom stereocenters. The Morgan fingerprint density at radius 2 is 1.71 bits per heavy atom. The molecule has 28 heavy (non-hydrogen) atoms. The number of nitrogens with one attached hydrogen (secondary N) is 1. The summed E-state index contributed by atoms with van der Waals surface area (Å²) < 4.78 is 39.1.